The van der Waals surface area contributed by atoms with E-state index in [4.69, 9.17) is 4.74 Å². The highest BCUT2D eigenvalue weighted by molar-refractivity contribution is 7.10. The molecule has 17 heavy (non-hydrogen) atoms. The Labute approximate surface area is 107 Å². The Kier molecular flexibility index (Phi) is 3.24. The van der Waals surface area contributed by atoms with E-state index < -0.39 is 0 Å². The van der Waals surface area contributed by atoms with E-state index in [1.165, 1.54) is 42.5 Å². The van der Waals surface area contributed by atoms with Crippen molar-refractivity contribution in [3.05, 3.63) is 21.9 Å². The third-order valence-corrected chi connectivity index (χ3v) is 5.24. The number of rotatable bonds is 1. The van der Waals surface area contributed by atoms with E-state index in [0.29, 0.717) is 0 Å². The van der Waals surface area contributed by atoms with Crippen LogP contribution in [-0.2, 0) is 4.74 Å². The minimum atomic E-state index is 0.137. The lowest BCUT2D eigenvalue weighted by molar-refractivity contribution is -0.134. The van der Waals surface area contributed by atoms with Crippen LogP contribution in [0.5, 0.6) is 0 Å². The number of nitrogens with one attached hydrogen (secondary N) is 1. The molecule has 1 saturated heterocycles. The van der Waals surface area contributed by atoms with Crippen LogP contribution < -0.4 is 5.32 Å². The van der Waals surface area contributed by atoms with E-state index in [9.17, 15) is 0 Å². The fourth-order valence-corrected chi connectivity index (χ4v) is 4.12. The highest BCUT2D eigenvalue weighted by atomic mass is 32.1. The summed E-state index contributed by atoms with van der Waals surface area (Å²) in [5.41, 5.74) is 1.52. The van der Waals surface area contributed by atoms with Crippen molar-refractivity contribution in [1.29, 1.82) is 0 Å². The highest BCUT2D eigenvalue weighted by Crippen LogP contribution is 2.39. The number of hydrogen-bond acceptors (Lipinski definition) is 3. The second kappa shape index (κ2) is 4.71. The number of morpholine rings is 1. The van der Waals surface area contributed by atoms with Gasteiger partial charge in [0.15, 0.2) is 0 Å². The number of thiophene rings is 1. The third kappa shape index (κ3) is 2.28. The van der Waals surface area contributed by atoms with Gasteiger partial charge in [0.2, 0.25) is 0 Å². The van der Waals surface area contributed by atoms with Crippen molar-refractivity contribution in [3.63, 3.8) is 0 Å². The van der Waals surface area contributed by atoms with Crippen molar-refractivity contribution in [2.45, 2.75) is 50.7 Å². The van der Waals surface area contributed by atoms with Gasteiger partial charge in [-0.05, 0) is 36.8 Å². The molecule has 94 valence electrons. The van der Waals surface area contributed by atoms with Crippen LogP contribution in [0.15, 0.2) is 11.4 Å². The Hall–Kier alpha value is -0.380. The van der Waals surface area contributed by atoms with Gasteiger partial charge in [0, 0.05) is 18.0 Å². The maximum atomic E-state index is 6.49. The van der Waals surface area contributed by atoms with E-state index in [0.717, 1.165) is 13.1 Å². The van der Waals surface area contributed by atoms with E-state index in [1.807, 2.05) is 11.3 Å². The van der Waals surface area contributed by atoms with Crippen molar-refractivity contribution >= 4 is 11.3 Å². The van der Waals surface area contributed by atoms with Gasteiger partial charge in [0.25, 0.3) is 0 Å². The van der Waals surface area contributed by atoms with Gasteiger partial charge in [-0.15, -0.1) is 11.3 Å². The quantitative estimate of drug-likeness (QED) is 0.826. The van der Waals surface area contributed by atoms with Crippen LogP contribution in [0.4, 0.5) is 0 Å². The van der Waals surface area contributed by atoms with Gasteiger partial charge in [-0.3, -0.25) is 0 Å². The number of aryl methyl sites for hydroxylation is 1. The van der Waals surface area contributed by atoms with Crippen LogP contribution in [0, 0.1) is 6.92 Å². The average Bonchev–Trinajstić information content (AvgIpc) is 2.77. The van der Waals surface area contributed by atoms with Gasteiger partial charge >= 0.3 is 0 Å². The molecule has 0 amide bonds. The smallest absolute Gasteiger partial charge is 0.105 e. The lowest BCUT2D eigenvalue weighted by atomic mass is 9.83. The summed E-state index contributed by atoms with van der Waals surface area (Å²) in [5, 5.41) is 5.77. The molecule has 1 N–H and O–H groups in total. The lowest BCUT2D eigenvalue weighted by Gasteiger charge is -2.44. The zero-order valence-electron chi connectivity index (χ0n) is 10.5. The van der Waals surface area contributed by atoms with Gasteiger partial charge in [-0.1, -0.05) is 19.3 Å². The fraction of sp³-hybridized carbons (Fsp3) is 0.714. The van der Waals surface area contributed by atoms with Crippen molar-refractivity contribution in [1.82, 2.24) is 5.32 Å². The Bertz CT molecular complexity index is 376. The van der Waals surface area contributed by atoms with E-state index in [1.54, 1.807) is 0 Å². The molecule has 1 aliphatic carbocycles. The Balaban J connectivity index is 1.77. The Morgan fingerprint density at radius 3 is 2.88 bits per heavy atom. The first-order valence-corrected chi connectivity index (χ1v) is 7.60. The minimum Gasteiger partial charge on any atom is -0.364 e. The molecule has 1 aliphatic heterocycles. The standard InChI is InChI=1S/C14H21NOS/c1-11-5-8-17-13(11)12-9-15-10-14(16-12)6-3-2-4-7-14/h5,8,12,15H,2-4,6-7,9-10H2,1H3. The van der Waals surface area contributed by atoms with E-state index in [-0.39, 0.29) is 11.7 Å². The molecule has 1 atom stereocenters. The molecule has 1 unspecified atom stereocenters. The summed E-state index contributed by atoms with van der Waals surface area (Å²) in [6.45, 7) is 4.22. The number of hydrogen-bond donors (Lipinski definition) is 1. The van der Waals surface area contributed by atoms with Gasteiger partial charge < -0.3 is 10.1 Å². The molecule has 0 radical (unpaired) electrons. The summed E-state index contributed by atoms with van der Waals surface area (Å²) in [6, 6.07) is 2.20. The van der Waals surface area contributed by atoms with Crippen LogP contribution in [0.25, 0.3) is 0 Å². The molecular weight excluding hydrogens is 230 g/mol. The van der Waals surface area contributed by atoms with E-state index >= 15 is 0 Å². The van der Waals surface area contributed by atoms with Crippen molar-refractivity contribution < 1.29 is 4.74 Å². The molecule has 0 bridgehead atoms. The second-order valence-corrected chi connectivity index (χ2v) is 6.40. The van der Waals surface area contributed by atoms with Crippen LogP contribution in [0.1, 0.15) is 48.6 Å². The van der Waals surface area contributed by atoms with Crippen LogP contribution in [-0.4, -0.2) is 18.7 Å². The SMILES string of the molecule is Cc1ccsc1C1CNCC2(CCCCC2)O1. The second-order valence-electron chi connectivity index (χ2n) is 5.45. The fourth-order valence-electron chi connectivity index (χ4n) is 3.17. The predicted octanol–water partition coefficient (Wildman–Crippen LogP) is 3.42. The Morgan fingerprint density at radius 2 is 2.18 bits per heavy atom. The molecule has 2 aliphatic rings. The molecule has 0 aromatic carbocycles. The molecule has 1 saturated carbocycles. The van der Waals surface area contributed by atoms with Crippen LogP contribution in [0.2, 0.25) is 0 Å². The van der Waals surface area contributed by atoms with Gasteiger partial charge in [0.1, 0.15) is 6.10 Å². The summed E-state index contributed by atoms with van der Waals surface area (Å²) in [6.07, 6.45) is 6.80. The average molecular weight is 251 g/mol. The first-order valence-electron chi connectivity index (χ1n) is 6.72. The van der Waals surface area contributed by atoms with Crippen molar-refractivity contribution in [3.8, 4) is 0 Å². The maximum absolute atomic E-state index is 6.49. The van der Waals surface area contributed by atoms with Gasteiger partial charge in [-0.25, -0.2) is 0 Å². The Morgan fingerprint density at radius 1 is 1.35 bits per heavy atom. The molecule has 3 heteroatoms. The lowest BCUT2D eigenvalue weighted by Crippen LogP contribution is -2.51. The first kappa shape index (κ1) is 11.7. The zero-order valence-corrected chi connectivity index (χ0v) is 11.3. The van der Waals surface area contributed by atoms with Gasteiger partial charge in [-0.2, -0.15) is 0 Å². The molecule has 1 aromatic rings. The maximum Gasteiger partial charge on any atom is 0.105 e. The van der Waals surface area contributed by atoms with Crippen molar-refractivity contribution in [2.75, 3.05) is 13.1 Å². The monoisotopic (exact) mass is 251 g/mol. The largest absolute Gasteiger partial charge is 0.364 e. The summed E-state index contributed by atoms with van der Waals surface area (Å²) >= 11 is 1.84. The minimum absolute atomic E-state index is 0.137. The van der Waals surface area contributed by atoms with Crippen molar-refractivity contribution in [2.24, 2.45) is 0 Å². The van der Waals surface area contributed by atoms with Gasteiger partial charge in [0.05, 0.1) is 5.60 Å². The highest BCUT2D eigenvalue weighted by Gasteiger charge is 2.39. The number of ether oxygens (including phenoxy) is 1. The molecule has 3 rings (SSSR count). The van der Waals surface area contributed by atoms with Crippen LogP contribution >= 0.6 is 11.3 Å². The predicted molar refractivity (Wildman–Crippen MR) is 71.6 cm³/mol. The first-order chi connectivity index (χ1) is 8.29. The normalized spacial score (nSPS) is 28.4. The molecule has 2 heterocycles. The summed E-state index contributed by atoms with van der Waals surface area (Å²) in [7, 11) is 0. The summed E-state index contributed by atoms with van der Waals surface area (Å²) in [5.74, 6) is 0. The zero-order chi connectivity index (χ0) is 11.7. The molecule has 2 nitrogen and oxygen atoms in total. The summed E-state index contributed by atoms with van der Waals surface area (Å²) < 4.78 is 6.49. The van der Waals surface area contributed by atoms with Crippen LogP contribution in [0.3, 0.4) is 0 Å². The molecular formula is C14H21NOS. The topological polar surface area (TPSA) is 21.3 Å². The summed E-state index contributed by atoms with van der Waals surface area (Å²) in [4.78, 5) is 1.42. The van der Waals surface area contributed by atoms with E-state index in [2.05, 4.69) is 23.7 Å². The third-order valence-electron chi connectivity index (χ3n) is 4.13. The molecule has 1 spiro atoms. The molecule has 2 fully saturated rings. The molecule has 1 aromatic heterocycles.